The number of hydrogen-bond donors (Lipinski definition) is 4. The molecule has 10 rings (SSSR count). The standard InChI is InChI=1S/C21H29NO5S.C19H26N2O3/c1-28(25,26)18-6-4-17(5-7-18)27-8-2-3-19(23)22-20-15-9-14-10-16(20)13-21(24,11-14)12-15;22-16(4-3-7-24-17-5-1-2-6-20-17)21-18-14-8-13-9-15(18)12-19(23,10-13)11-14/h4-7,14-16,20,24H,2-3,8-13H2,1H3,(H,22,23);1-2,5-6,13-15,18,23H,3-4,7-12H2,(H,21,22). The molecule has 0 aliphatic heterocycles. The van der Waals surface area contributed by atoms with Gasteiger partial charge in [-0.15, -0.1) is 0 Å². The second-order valence-electron chi connectivity index (χ2n) is 16.9. The van der Waals surface area contributed by atoms with E-state index in [1.807, 2.05) is 18.2 Å². The number of ether oxygens (including phenoxy) is 2. The second kappa shape index (κ2) is 15.3. The third-order valence-corrected chi connectivity index (χ3v) is 13.8. The van der Waals surface area contributed by atoms with Gasteiger partial charge in [0.2, 0.25) is 17.7 Å². The first-order chi connectivity index (χ1) is 24.8. The molecule has 1 aromatic heterocycles. The lowest BCUT2D eigenvalue weighted by Crippen LogP contribution is -2.61. The summed E-state index contributed by atoms with van der Waals surface area (Å²) in [5.41, 5.74) is -0.910. The number of amides is 2. The SMILES string of the molecule is CS(=O)(=O)c1ccc(OCCCC(=O)NC2C3CC4CC2CC(O)(C4)C3)cc1.O=C(CCCOc1ccccn1)NC1C2CC3CC1CC(O)(C3)C2. The highest BCUT2D eigenvalue weighted by Gasteiger charge is 2.56. The Morgan fingerprint density at radius 3 is 1.63 bits per heavy atom. The van der Waals surface area contributed by atoms with Crippen LogP contribution in [0.1, 0.15) is 89.9 Å². The third-order valence-electron chi connectivity index (χ3n) is 12.6. The zero-order chi connectivity index (χ0) is 36.5. The Hall–Kier alpha value is -3.22. The van der Waals surface area contributed by atoms with Crippen molar-refractivity contribution < 1.29 is 37.7 Å². The van der Waals surface area contributed by atoms with E-state index in [0.717, 1.165) is 51.4 Å². The van der Waals surface area contributed by atoms with E-state index < -0.39 is 21.0 Å². The normalized spacial score (nSPS) is 35.0. The quantitative estimate of drug-likeness (QED) is 0.215. The first kappa shape index (κ1) is 37.1. The van der Waals surface area contributed by atoms with E-state index in [1.165, 1.54) is 31.2 Å². The monoisotopic (exact) mass is 737 g/mol. The molecule has 284 valence electrons. The fourth-order valence-corrected chi connectivity index (χ4v) is 11.6. The van der Waals surface area contributed by atoms with E-state index in [-0.39, 0.29) is 28.8 Å². The number of carbonyl (C=O) groups excluding carboxylic acids is 2. The van der Waals surface area contributed by atoms with Crippen LogP contribution >= 0.6 is 0 Å². The zero-order valence-electron chi connectivity index (χ0n) is 30.3. The Bertz CT molecular complexity index is 1640. The van der Waals surface area contributed by atoms with Gasteiger partial charge in [0.05, 0.1) is 29.3 Å². The highest BCUT2D eigenvalue weighted by atomic mass is 32.2. The number of hydrogen-bond acceptors (Lipinski definition) is 9. The van der Waals surface area contributed by atoms with E-state index in [9.17, 15) is 28.2 Å². The Morgan fingerprint density at radius 1 is 0.731 bits per heavy atom. The minimum Gasteiger partial charge on any atom is -0.494 e. The predicted octanol–water partition coefficient (Wildman–Crippen LogP) is 4.60. The molecule has 11 nitrogen and oxygen atoms in total. The fraction of sp³-hybridized carbons (Fsp3) is 0.675. The summed E-state index contributed by atoms with van der Waals surface area (Å²) in [5.74, 6) is 4.46. The number of carbonyl (C=O) groups is 2. The first-order valence-electron chi connectivity index (χ1n) is 19.3. The highest BCUT2D eigenvalue weighted by molar-refractivity contribution is 7.90. The van der Waals surface area contributed by atoms with Gasteiger partial charge in [0.15, 0.2) is 9.84 Å². The maximum atomic E-state index is 12.4. The van der Waals surface area contributed by atoms with Crippen LogP contribution in [0.4, 0.5) is 0 Å². The van der Waals surface area contributed by atoms with Crippen molar-refractivity contribution in [2.45, 2.75) is 118 Å². The van der Waals surface area contributed by atoms with Crippen LogP contribution < -0.4 is 20.1 Å². The summed E-state index contributed by atoms with van der Waals surface area (Å²) in [4.78, 5) is 29.0. The first-order valence-corrected chi connectivity index (χ1v) is 21.2. The highest BCUT2D eigenvalue weighted by Crippen LogP contribution is 2.56. The molecule has 4 atom stereocenters. The lowest BCUT2D eigenvalue weighted by atomic mass is 9.52. The molecule has 8 bridgehead atoms. The van der Waals surface area contributed by atoms with Crippen molar-refractivity contribution in [2.75, 3.05) is 19.5 Å². The topological polar surface area (TPSA) is 164 Å². The van der Waals surface area contributed by atoms with Gasteiger partial charge < -0.3 is 30.3 Å². The summed E-state index contributed by atoms with van der Waals surface area (Å²) < 4.78 is 34.1. The number of aromatic nitrogens is 1. The van der Waals surface area contributed by atoms with Crippen LogP contribution in [0.25, 0.3) is 0 Å². The van der Waals surface area contributed by atoms with Gasteiger partial charge >= 0.3 is 0 Å². The molecule has 2 aromatic rings. The van der Waals surface area contributed by atoms with Crippen molar-refractivity contribution in [2.24, 2.45) is 35.5 Å². The van der Waals surface area contributed by atoms with Gasteiger partial charge in [-0.1, -0.05) is 6.07 Å². The van der Waals surface area contributed by atoms with Crippen molar-refractivity contribution in [3.8, 4) is 11.6 Å². The fourth-order valence-electron chi connectivity index (χ4n) is 11.0. The molecular formula is C40H55N3O8S. The number of benzene rings is 1. The van der Waals surface area contributed by atoms with Crippen LogP contribution in [-0.2, 0) is 19.4 Å². The minimum absolute atomic E-state index is 0.0560. The predicted molar refractivity (Wildman–Crippen MR) is 194 cm³/mol. The summed E-state index contributed by atoms with van der Waals surface area (Å²) in [6.45, 7) is 0.911. The summed E-state index contributed by atoms with van der Waals surface area (Å²) in [5, 5.41) is 27.7. The van der Waals surface area contributed by atoms with E-state index in [1.54, 1.807) is 18.3 Å². The van der Waals surface area contributed by atoms with Crippen LogP contribution in [0.5, 0.6) is 11.6 Å². The number of aliphatic hydroxyl groups is 2. The van der Waals surface area contributed by atoms with Crippen LogP contribution in [0.3, 0.4) is 0 Å². The Kier molecular flexibility index (Phi) is 10.9. The lowest BCUT2D eigenvalue weighted by Gasteiger charge is -2.58. The molecule has 4 unspecified atom stereocenters. The van der Waals surface area contributed by atoms with E-state index in [2.05, 4.69) is 15.6 Å². The van der Waals surface area contributed by atoms with Gasteiger partial charge in [0.1, 0.15) is 5.75 Å². The molecule has 2 amide bonds. The number of sulfone groups is 1. The molecule has 52 heavy (non-hydrogen) atoms. The second-order valence-corrected chi connectivity index (χ2v) is 18.9. The summed E-state index contributed by atoms with van der Waals surface area (Å²) in [6, 6.07) is 12.4. The van der Waals surface area contributed by atoms with Crippen molar-refractivity contribution in [1.29, 1.82) is 0 Å². The molecule has 12 heteroatoms. The summed E-state index contributed by atoms with van der Waals surface area (Å²) in [6.07, 6.45) is 15.0. The Labute approximate surface area is 307 Å². The van der Waals surface area contributed by atoms with Gasteiger partial charge in [-0.3, -0.25) is 9.59 Å². The van der Waals surface area contributed by atoms with Gasteiger partial charge in [-0.2, -0.15) is 0 Å². The number of nitrogens with one attached hydrogen (secondary N) is 2. The third kappa shape index (κ3) is 8.93. The van der Waals surface area contributed by atoms with Crippen LogP contribution in [0.15, 0.2) is 53.6 Å². The van der Waals surface area contributed by atoms with Crippen LogP contribution in [0.2, 0.25) is 0 Å². The molecule has 1 aromatic carbocycles. The van der Waals surface area contributed by atoms with E-state index in [0.29, 0.717) is 86.0 Å². The molecule has 0 radical (unpaired) electrons. The number of pyridine rings is 1. The largest absolute Gasteiger partial charge is 0.494 e. The van der Waals surface area contributed by atoms with Gasteiger partial charge in [0.25, 0.3) is 0 Å². The van der Waals surface area contributed by atoms with Crippen molar-refractivity contribution >= 4 is 21.7 Å². The maximum absolute atomic E-state index is 12.4. The number of nitrogens with zero attached hydrogens (tertiary/aromatic N) is 1. The molecule has 1 heterocycles. The Balaban J connectivity index is 0.000000164. The average molecular weight is 738 g/mol. The lowest BCUT2D eigenvalue weighted by molar-refractivity contribution is -0.146. The Morgan fingerprint density at radius 2 is 1.21 bits per heavy atom. The van der Waals surface area contributed by atoms with Crippen molar-refractivity contribution in [3.05, 3.63) is 48.7 Å². The molecule has 8 fully saturated rings. The molecule has 8 aliphatic carbocycles. The average Bonchev–Trinajstić information content (AvgIpc) is 3.07. The summed E-state index contributed by atoms with van der Waals surface area (Å²) >= 11 is 0. The van der Waals surface area contributed by atoms with E-state index >= 15 is 0 Å². The minimum atomic E-state index is -3.21. The van der Waals surface area contributed by atoms with Crippen molar-refractivity contribution in [1.82, 2.24) is 15.6 Å². The molecule has 0 spiro atoms. The molecule has 8 aliphatic rings. The zero-order valence-corrected chi connectivity index (χ0v) is 31.1. The molecular weight excluding hydrogens is 683 g/mol. The van der Waals surface area contributed by atoms with Gasteiger partial charge in [-0.25, -0.2) is 13.4 Å². The van der Waals surface area contributed by atoms with Crippen LogP contribution in [0, 0.1) is 35.5 Å². The molecule has 8 saturated carbocycles. The summed E-state index contributed by atoms with van der Waals surface area (Å²) in [7, 11) is -3.21. The van der Waals surface area contributed by atoms with Gasteiger partial charge in [-0.05, 0) is 143 Å². The van der Waals surface area contributed by atoms with Gasteiger partial charge in [0, 0.05) is 43.4 Å². The molecule has 0 saturated heterocycles. The van der Waals surface area contributed by atoms with Crippen molar-refractivity contribution in [3.63, 3.8) is 0 Å². The van der Waals surface area contributed by atoms with E-state index in [4.69, 9.17) is 9.47 Å². The smallest absolute Gasteiger partial charge is 0.220 e. The maximum Gasteiger partial charge on any atom is 0.220 e. The van der Waals surface area contributed by atoms with Crippen LogP contribution in [-0.4, -0.2) is 78.2 Å². The number of rotatable bonds is 13. The molecule has 4 N–H and O–H groups in total.